The molecule has 106 valence electrons. The SMILES string of the molecule is O=c1oc2ccc(Cl)cc2c(=O)n1-c1ccc(I)cc1F. The predicted octanol–water partition coefficient (Wildman–Crippen LogP) is 3.34. The zero-order valence-electron chi connectivity index (χ0n) is 10.3. The number of nitrogens with zero attached hydrogens (tertiary/aromatic N) is 1. The van der Waals surface area contributed by atoms with E-state index in [0.717, 1.165) is 0 Å². The van der Waals surface area contributed by atoms with Crippen LogP contribution in [0.15, 0.2) is 50.4 Å². The molecule has 0 aliphatic rings. The zero-order chi connectivity index (χ0) is 15.1. The lowest BCUT2D eigenvalue weighted by Crippen LogP contribution is -2.31. The van der Waals surface area contributed by atoms with Crippen LogP contribution in [0.1, 0.15) is 0 Å². The van der Waals surface area contributed by atoms with E-state index in [9.17, 15) is 14.0 Å². The molecule has 2 aromatic carbocycles. The molecule has 7 heteroatoms. The molecule has 0 spiro atoms. The summed E-state index contributed by atoms with van der Waals surface area (Å²) in [6, 6.07) is 8.48. The molecule has 0 fully saturated rings. The lowest BCUT2D eigenvalue weighted by Gasteiger charge is -2.07. The Kier molecular flexibility index (Phi) is 3.58. The van der Waals surface area contributed by atoms with Crippen molar-refractivity contribution >= 4 is 45.2 Å². The minimum atomic E-state index is -0.949. The van der Waals surface area contributed by atoms with E-state index in [-0.39, 0.29) is 16.7 Å². The average molecular weight is 418 g/mol. The summed E-state index contributed by atoms with van der Waals surface area (Å²) in [6.07, 6.45) is 0. The van der Waals surface area contributed by atoms with Gasteiger partial charge >= 0.3 is 5.76 Å². The van der Waals surface area contributed by atoms with Crippen molar-refractivity contribution in [2.75, 3.05) is 0 Å². The molecule has 0 unspecified atom stereocenters. The Labute approximate surface area is 135 Å². The van der Waals surface area contributed by atoms with Gasteiger partial charge in [-0.05, 0) is 59.0 Å². The molecule has 3 rings (SSSR count). The summed E-state index contributed by atoms with van der Waals surface area (Å²) in [5.74, 6) is -1.63. The highest BCUT2D eigenvalue weighted by atomic mass is 127. The number of hydrogen-bond donors (Lipinski definition) is 0. The molecule has 0 saturated heterocycles. The van der Waals surface area contributed by atoms with Crippen molar-refractivity contribution in [3.8, 4) is 5.69 Å². The quantitative estimate of drug-likeness (QED) is 0.571. The first-order chi connectivity index (χ1) is 9.97. The summed E-state index contributed by atoms with van der Waals surface area (Å²) in [6.45, 7) is 0. The van der Waals surface area contributed by atoms with Crippen LogP contribution in [0, 0.1) is 9.39 Å². The highest BCUT2D eigenvalue weighted by molar-refractivity contribution is 14.1. The number of aromatic nitrogens is 1. The van der Waals surface area contributed by atoms with Gasteiger partial charge in [-0.3, -0.25) is 4.79 Å². The van der Waals surface area contributed by atoms with Crippen LogP contribution in [0.4, 0.5) is 4.39 Å². The highest BCUT2D eigenvalue weighted by Crippen LogP contribution is 2.17. The Morgan fingerprint density at radius 1 is 1.14 bits per heavy atom. The van der Waals surface area contributed by atoms with Crippen LogP contribution in [0.5, 0.6) is 0 Å². The Balaban J connectivity index is 2.43. The number of halogens is 3. The van der Waals surface area contributed by atoms with Gasteiger partial charge in [-0.25, -0.2) is 13.8 Å². The van der Waals surface area contributed by atoms with E-state index in [0.29, 0.717) is 13.2 Å². The summed E-state index contributed by atoms with van der Waals surface area (Å²) < 4.78 is 20.4. The largest absolute Gasteiger partial charge is 0.427 e. The minimum absolute atomic E-state index is 0.108. The maximum Gasteiger partial charge on any atom is 0.427 e. The molecule has 0 N–H and O–H groups in total. The molecule has 0 aliphatic carbocycles. The van der Waals surface area contributed by atoms with Crippen molar-refractivity contribution in [2.24, 2.45) is 0 Å². The van der Waals surface area contributed by atoms with E-state index in [2.05, 4.69) is 0 Å². The number of benzene rings is 2. The van der Waals surface area contributed by atoms with Crippen molar-refractivity contribution in [1.82, 2.24) is 4.57 Å². The average Bonchev–Trinajstić information content (AvgIpc) is 2.42. The summed E-state index contributed by atoms with van der Waals surface area (Å²) in [7, 11) is 0. The third-order valence-electron chi connectivity index (χ3n) is 2.91. The molecule has 1 aromatic heterocycles. The molecule has 1 heterocycles. The topological polar surface area (TPSA) is 52.2 Å². The molecule has 0 aliphatic heterocycles. The van der Waals surface area contributed by atoms with Crippen molar-refractivity contribution in [3.05, 3.63) is 71.7 Å². The lowest BCUT2D eigenvalue weighted by atomic mass is 10.2. The maximum absolute atomic E-state index is 14.0. The fourth-order valence-electron chi connectivity index (χ4n) is 1.97. The van der Waals surface area contributed by atoms with Gasteiger partial charge < -0.3 is 4.42 Å². The predicted molar refractivity (Wildman–Crippen MR) is 85.8 cm³/mol. The molecule has 0 amide bonds. The highest BCUT2D eigenvalue weighted by Gasteiger charge is 2.15. The monoisotopic (exact) mass is 417 g/mol. The van der Waals surface area contributed by atoms with E-state index < -0.39 is 17.1 Å². The fourth-order valence-corrected chi connectivity index (χ4v) is 2.60. The first-order valence-corrected chi connectivity index (χ1v) is 7.24. The Morgan fingerprint density at radius 3 is 2.62 bits per heavy atom. The Hall–Kier alpha value is -1.67. The van der Waals surface area contributed by atoms with Gasteiger partial charge in [0.05, 0.1) is 11.1 Å². The van der Waals surface area contributed by atoms with Crippen LogP contribution >= 0.6 is 34.2 Å². The molecular formula is C14H6ClFINO3. The van der Waals surface area contributed by atoms with E-state index in [1.807, 2.05) is 22.6 Å². The van der Waals surface area contributed by atoms with Gasteiger partial charge in [-0.2, -0.15) is 0 Å². The van der Waals surface area contributed by atoms with Gasteiger partial charge in [0, 0.05) is 8.59 Å². The fraction of sp³-hybridized carbons (Fsp3) is 0. The number of rotatable bonds is 1. The molecule has 0 saturated carbocycles. The summed E-state index contributed by atoms with van der Waals surface area (Å²) in [4.78, 5) is 24.4. The number of fused-ring (bicyclic) bond motifs is 1. The second-order valence-electron chi connectivity index (χ2n) is 4.24. The van der Waals surface area contributed by atoms with Gasteiger partial charge in [0.2, 0.25) is 0 Å². The van der Waals surface area contributed by atoms with Crippen LogP contribution in [0.3, 0.4) is 0 Å². The van der Waals surface area contributed by atoms with Gasteiger partial charge in [0.15, 0.2) is 0 Å². The third kappa shape index (κ3) is 2.49. The Morgan fingerprint density at radius 2 is 1.90 bits per heavy atom. The van der Waals surface area contributed by atoms with E-state index >= 15 is 0 Å². The second kappa shape index (κ2) is 5.27. The van der Waals surface area contributed by atoms with Gasteiger partial charge in [0.1, 0.15) is 11.4 Å². The number of hydrogen-bond acceptors (Lipinski definition) is 3. The third-order valence-corrected chi connectivity index (χ3v) is 3.81. The maximum atomic E-state index is 14.0. The molecule has 0 radical (unpaired) electrons. The summed E-state index contributed by atoms with van der Waals surface area (Å²) in [5.41, 5.74) is -0.725. The van der Waals surface area contributed by atoms with Gasteiger partial charge in [-0.15, -0.1) is 0 Å². The van der Waals surface area contributed by atoms with Crippen LogP contribution in [0.2, 0.25) is 5.02 Å². The standard InChI is InChI=1S/C14H6ClFINO3/c15-7-1-4-12-9(5-7)13(19)18(14(20)21-12)11-3-2-8(17)6-10(11)16/h1-6H. The first-order valence-electron chi connectivity index (χ1n) is 5.78. The van der Waals surface area contributed by atoms with Crippen molar-refractivity contribution in [1.29, 1.82) is 0 Å². The Bertz CT molecular complexity index is 980. The smallest absolute Gasteiger partial charge is 0.409 e. The van der Waals surface area contributed by atoms with Crippen LogP contribution in [-0.4, -0.2) is 4.57 Å². The van der Waals surface area contributed by atoms with Crippen molar-refractivity contribution in [2.45, 2.75) is 0 Å². The molecule has 0 bridgehead atoms. The van der Waals surface area contributed by atoms with Crippen LogP contribution in [0.25, 0.3) is 16.7 Å². The molecule has 4 nitrogen and oxygen atoms in total. The summed E-state index contributed by atoms with van der Waals surface area (Å²) >= 11 is 7.77. The van der Waals surface area contributed by atoms with E-state index in [4.69, 9.17) is 16.0 Å². The minimum Gasteiger partial charge on any atom is -0.409 e. The van der Waals surface area contributed by atoms with E-state index in [1.54, 1.807) is 6.07 Å². The molecule has 3 aromatic rings. The van der Waals surface area contributed by atoms with Gasteiger partial charge in [-0.1, -0.05) is 11.6 Å². The van der Waals surface area contributed by atoms with Crippen molar-refractivity contribution < 1.29 is 8.81 Å². The lowest BCUT2D eigenvalue weighted by molar-refractivity contribution is 0.496. The van der Waals surface area contributed by atoms with Crippen LogP contribution < -0.4 is 11.3 Å². The normalized spacial score (nSPS) is 11.0. The van der Waals surface area contributed by atoms with Gasteiger partial charge in [0.25, 0.3) is 5.56 Å². The zero-order valence-corrected chi connectivity index (χ0v) is 13.2. The molecule has 0 atom stereocenters. The molecular weight excluding hydrogens is 412 g/mol. The second-order valence-corrected chi connectivity index (χ2v) is 5.93. The molecule has 21 heavy (non-hydrogen) atoms. The van der Waals surface area contributed by atoms with Crippen molar-refractivity contribution in [3.63, 3.8) is 0 Å². The van der Waals surface area contributed by atoms with E-state index in [1.165, 1.54) is 30.3 Å². The summed E-state index contributed by atoms with van der Waals surface area (Å²) in [5, 5.41) is 0.433. The van der Waals surface area contributed by atoms with Crippen LogP contribution in [-0.2, 0) is 0 Å². The first kappa shape index (κ1) is 14.3.